The van der Waals surface area contributed by atoms with Crippen LogP contribution in [0.1, 0.15) is 29.0 Å². The first-order valence-electron chi connectivity index (χ1n) is 10.2. The predicted molar refractivity (Wildman–Crippen MR) is 135 cm³/mol. The van der Waals surface area contributed by atoms with Crippen LogP contribution in [0.4, 0.5) is 0 Å². The molecule has 1 aliphatic heterocycles. The van der Waals surface area contributed by atoms with E-state index in [9.17, 15) is 0 Å². The molecule has 2 aromatic rings. The number of aliphatic imine (C=N–C) groups is 1. The minimum absolute atomic E-state index is 0. The minimum Gasteiger partial charge on any atom is -0.496 e. The van der Waals surface area contributed by atoms with Crippen LogP contribution in [-0.4, -0.2) is 57.4 Å². The molecular formula is C22H33IN4O2S. The standard InChI is InChI=1S/C22H32N4O2S.HI/c1-4-23-22(24-15-18-7-8-20(27-3)17(2)14-18)25-16-19(21-6-5-13-29-21)26-9-11-28-12-10-26;/h5-8,13-14,19H,4,9-12,15-16H2,1-3H3,(H2,23,24,25);1H. The van der Waals surface area contributed by atoms with Gasteiger partial charge in [0.2, 0.25) is 0 Å². The molecule has 1 atom stereocenters. The van der Waals surface area contributed by atoms with Crippen molar-refractivity contribution in [2.45, 2.75) is 26.4 Å². The van der Waals surface area contributed by atoms with Crippen LogP contribution in [0.15, 0.2) is 40.7 Å². The van der Waals surface area contributed by atoms with E-state index in [2.05, 4.69) is 59.0 Å². The number of rotatable bonds is 8. The maximum absolute atomic E-state index is 5.54. The van der Waals surface area contributed by atoms with Crippen LogP contribution < -0.4 is 15.4 Å². The highest BCUT2D eigenvalue weighted by Gasteiger charge is 2.23. The molecule has 2 N–H and O–H groups in total. The lowest BCUT2D eigenvalue weighted by Crippen LogP contribution is -2.46. The molecule has 0 radical (unpaired) electrons. The number of morpholine rings is 1. The number of benzene rings is 1. The number of hydrogen-bond donors (Lipinski definition) is 2. The van der Waals surface area contributed by atoms with Gasteiger partial charge in [-0.15, -0.1) is 35.3 Å². The van der Waals surface area contributed by atoms with Gasteiger partial charge in [-0.05, 0) is 42.5 Å². The summed E-state index contributed by atoms with van der Waals surface area (Å²) >= 11 is 1.81. The highest BCUT2D eigenvalue weighted by molar-refractivity contribution is 14.0. The monoisotopic (exact) mass is 544 g/mol. The topological polar surface area (TPSA) is 58.1 Å². The fourth-order valence-corrected chi connectivity index (χ4v) is 4.38. The van der Waals surface area contributed by atoms with Gasteiger partial charge >= 0.3 is 0 Å². The van der Waals surface area contributed by atoms with Crippen LogP contribution in [-0.2, 0) is 11.3 Å². The largest absolute Gasteiger partial charge is 0.496 e. The van der Waals surface area contributed by atoms with Crippen molar-refractivity contribution in [3.63, 3.8) is 0 Å². The second-order valence-electron chi connectivity index (χ2n) is 7.06. The quantitative estimate of drug-likeness (QED) is 0.301. The molecule has 1 unspecified atom stereocenters. The molecule has 2 heterocycles. The van der Waals surface area contributed by atoms with Crippen LogP contribution >= 0.6 is 35.3 Å². The Bertz CT molecular complexity index is 779. The Morgan fingerprint density at radius 2 is 2.07 bits per heavy atom. The summed E-state index contributed by atoms with van der Waals surface area (Å²) < 4.78 is 10.9. The zero-order chi connectivity index (χ0) is 20.5. The third-order valence-corrected chi connectivity index (χ3v) is 6.02. The predicted octanol–water partition coefficient (Wildman–Crippen LogP) is 3.81. The van der Waals surface area contributed by atoms with E-state index >= 15 is 0 Å². The van der Waals surface area contributed by atoms with Crippen molar-refractivity contribution in [3.8, 4) is 5.75 Å². The van der Waals surface area contributed by atoms with E-state index in [1.807, 2.05) is 17.4 Å². The molecule has 0 amide bonds. The molecule has 1 fully saturated rings. The fourth-order valence-electron chi connectivity index (χ4n) is 3.52. The number of guanidine groups is 1. The molecule has 1 aromatic heterocycles. The summed E-state index contributed by atoms with van der Waals surface area (Å²) in [5, 5.41) is 9.07. The molecule has 8 heteroatoms. The Kier molecular flexibility index (Phi) is 10.9. The van der Waals surface area contributed by atoms with Crippen molar-refractivity contribution in [1.82, 2.24) is 15.5 Å². The van der Waals surface area contributed by atoms with Crippen molar-refractivity contribution in [2.24, 2.45) is 4.99 Å². The third kappa shape index (κ3) is 7.11. The molecule has 0 bridgehead atoms. The number of aryl methyl sites for hydroxylation is 1. The van der Waals surface area contributed by atoms with Gasteiger partial charge in [0, 0.05) is 31.1 Å². The number of ether oxygens (including phenoxy) is 2. The molecule has 3 rings (SSSR count). The first kappa shape index (κ1) is 24.9. The SMILES string of the molecule is CCNC(=NCc1ccc(OC)c(C)c1)NCC(c1cccs1)N1CCOCC1.I. The van der Waals surface area contributed by atoms with Gasteiger partial charge in [-0.1, -0.05) is 18.2 Å². The van der Waals surface area contributed by atoms with Gasteiger partial charge in [0.05, 0.1) is 32.9 Å². The van der Waals surface area contributed by atoms with Gasteiger partial charge < -0.3 is 20.1 Å². The number of nitrogens with one attached hydrogen (secondary N) is 2. The van der Waals surface area contributed by atoms with Gasteiger partial charge in [-0.2, -0.15) is 0 Å². The van der Waals surface area contributed by atoms with E-state index < -0.39 is 0 Å². The van der Waals surface area contributed by atoms with Crippen molar-refractivity contribution in [3.05, 3.63) is 51.7 Å². The molecule has 1 aliphatic rings. The smallest absolute Gasteiger partial charge is 0.191 e. The molecule has 166 valence electrons. The molecule has 0 saturated carbocycles. The van der Waals surface area contributed by atoms with Crippen molar-refractivity contribution in [2.75, 3.05) is 46.5 Å². The molecule has 1 aromatic carbocycles. The van der Waals surface area contributed by atoms with E-state index in [0.29, 0.717) is 12.6 Å². The van der Waals surface area contributed by atoms with Gasteiger partial charge in [-0.3, -0.25) is 4.90 Å². The average Bonchev–Trinajstić information content (AvgIpc) is 3.27. The summed E-state index contributed by atoms with van der Waals surface area (Å²) in [7, 11) is 1.70. The Labute approximate surface area is 201 Å². The second-order valence-corrected chi connectivity index (χ2v) is 8.04. The van der Waals surface area contributed by atoms with Gasteiger partial charge in [0.25, 0.3) is 0 Å². The Morgan fingerprint density at radius 1 is 1.27 bits per heavy atom. The summed E-state index contributed by atoms with van der Waals surface area (Å²) in [6, 6.07) is 10.9. The number of hydrogen-bond acceptors (Lipinski definition) is 5. The van der Waals surface area contributed by atoms with Crippen LogP contribution in [0, 0.1) is 6.92 Å². The fraction of sp³-hybridized carbons (Fsp3) is 0.500. The van der Waals surface area contributed by atoms with Gasteiger partial charge in [0.1, 0.15) is 5.75 Å². The summed E-state index contributed by atoms with van der Waals surface area (Å²) in [4.78, 5) is 8.67. The minimum atomic E-state index is 0. The Balaban J connectivity index is 0.00000320. The highest BCUT2D eigenvalue weighted by Crippen LogP contribution is 2.25. The zero-order valence-electron chi connectivity index (χ0n) is 18.0. The Morgan fingerprint density at radius 3 is 2.70 bits per heavy atom. The normalized spacial score (nSPS) is 15.9. The lowest BCUT2D eigenvalue weighted by atomic mass is 10.1. The average molecular weight is 545 g/mol. The van der Waals surface area contributed by atoms with Crippen molar-refractivity contribution >= 4 is 41.3 Å². The van der Waals surface area contributed by atoms with E-state index in [1.165, 1.54) is 10.4 Å². The van der Waals surface area contributed by atoms with Crippen molar-refractivity contribution in [1.29, 1.82) is 0 Å². The van der Waals surface area contributed by atoms with Crippen molar-refractivity contribution < 1.29 is 9.47 Å². The highest BCUT2D eigenvalue weighted by atomic mass is 127. The lowest BCUT2D eigenvalue weighted by molar-refractivity contribution is 0.0177. The van der Waals surface area contributed by atoms with Crippen LogP contribution in [0.3, 0.4) is 0 Å². The Hall–Kier alpha value is -1.36. The second kappa shape index (κ2) is 13.1. The molecular weight excluding hydrogens is 511 g/mol. The number of thiophene rings is 1. The van der Waals surface area contributed by atoms with Crippen LogP contribution in [0.25, 0.3) is 0 Å². The van der Waals surface area contributed by atoms with Crippen LogP contribution in [0.5, 0.6) is 5.75 Å². The number of nitrogens with zero attached hydrogens (tertiary/aromatic N) is 2. The lowest BCUT2D eigenvalue weighted by Gasteiger charge is -2.34. The zero-order valence-corrected chi connectivity index (χ0v) is 21.2. The summed E-state index contributed by atoms with van der Waals surface area (Å²) in [6.45, 7) is 9.94. The maximum Gasteiger partial charge on any atom is 0.191 e. The van der Waals surface area contributed by atoms with E-state index in [-0.39, 0.29) is 24.0 Å². The summed E-state index contributed by atoms with van der Waals surface area (Å²) in [5.41, 5.74) is 2.30. The third-order valence-electron chi connectivity index (χ3n) is 5.04. The molecule has 1 saturated heterocycles. The van der Waals surface area contributed by atoms with Crippen LogP contribution in [0.2, 0.25) is 0 Å². The number of methoxy groups -OCH3 is 1. The first-order valence-corrected chi connectivity index (χ1v) is 11.1. The molecule has 30 heavy (non-hydrogen) atoms. The first-order chi connectivity index (χ1) is 14.2. The molecule has 0 aliphatic carbocycles. The van der Waals surface area contributed by atoms with Gasteiger partial charge in [0.15, 0.2) is 5.96 Å². The molecule has 6 nitrogen and oxygen atoms in total. The van der Waals surface area contributed by atoms with E-state index in [0.717, 1.165) is 56.7 Å². The molecule has 0 spiro atoms. The van der Waals surface area contributed by atoms with E-state index in [4.69, 9.17) is 14.5 Å². The summed E-state index contributed by atoms with van der Waals surface area (Å²) in [6.07, 6.45) is 0. The number of halogens is 1. The summed E-state index contributed by atoms with van der Waals surface area (Å²) in [5.74, 6) is 1.75. The van der Waals surface area contributed by atoms with E-state index in [1.54, 1.807) is 7.11 Å². The maximum atomic E-state index is 5.54. The van der Waals surface area contributed by atoms with Gasteiger partial charge in [-0.25, -0.2) is 4.99 Å².